The summed E-state index contributed by atoms with van der Waals surface area (Å²) in [6.45, 7) is 0.687. The fraction of sp³-hybridized carbons (Fsp3) is 0.318. The third kappa shape index (κ3) is 3.40. The number of anilines is 1. The van der Waals surface area contributed by atoms with Crippen LogP contribution < -0.4 is 9.62 Å². The Balaban J connectivity index is 1.24. The first kappa shape index (κ1) is 20.5. The molecule has 0 spiro atoms. The summed E-state index contributed by atoms with van der Waals surface area (Å²) in [5.74, 6) is -0.424. The van der Waals surface area contributed by atoms with Crippen LogP contribution in [0.2, 0.25) is 0 Å². The van der Waals surface area contributed by atoms with Crippen molar-refractivity contribution in [3.63, 3.8) is 0 Å². The van der Waals surface area contributed by atoms with Gasteiger partial charge in [0.05, 0.1) is 22.3 Å². The minimum Gasteiger partial charge on any atom is -0.349 e. The summed E-state index contributed by atoms with van der Waals surface area (Å²) in [6, 6.07) is 10.5. The number of likely N-dealkylation sites (tertiary alicyclic amines) is 1. The highest BCUT2D eigenvalue weighted by Crippen LogP contribution is 2.41. The van der Waals surface area contributed by atoms with Crippen LogP contribution in [0.15, 0.2) is 53.7 Å². The van der Waals surface area contributed by atoms with E-state index in [9.17, 15) is 18.0 Å². The predicted molar refractivity (Wildman–Crippen MR) is 119 cm³/mol. The molecule has 2 aromatic carbocycles. The van der Waals surface area contributed by atoms with Crippen molar-refractivity contribution in [3.8, 4) is 0 Å². The topological polar surface area (TPSA) is 105 Å². The van der Waals surface area contributed by atoms with Gasteiger partial charge in [-0.15, -0.1) is 0 Å². The van der Waals surface area contributed by atoms with Crippen LogP contribution in [0.5, 0.6) is 0 Å². The molecule has 0 unspecified atom stereocenters. The Labute approximate surface area is 185 Å². The number of carbonyl (C=O) groups excluding carboxylic acids is 2. The lowest BCUT2D eigenvalue weighted by Crippen LogP contribution is -2.49. The van der Waals surface area contributed by atoms with Gasteiger partial charge in [0.1, 0.15) is 6.54 Å². The van der Waals surface area contributed by atoms with Crippen LogP contribution in [-0.4, -0.2) is 60.6 Å². The molecule has 1 N–H and O–H groups in total. The van der Waals surface area contributed by atoms with E-state index >= 15 is 0 Å². The molecule has 2 aliphatic heterocycles. The molecule has 2 amide bonds. The number of nitrogens with zero attached hydrogens (tertiary/aromatic N) is 4. The predicted octanol–water partition coefficient (Wildman–Crippen LogP) is 1.50. The van der Waals surface area contributed by atoms with E-state index in [-0.39, 0.29) is 29.3 Å². The molecular formula is C22H23N5O4S. The molecule has 5 rings (SSSR count). The van der Waals surface area contributed by atoms with Crippen molar-refractivity contribution in [1.29, 1.82) is 0 Å². The summed E-state index contributed by atoms with van der Waals surface area (Å²) in [5, 5.41) is 8.49. The molecule has 1 fully saturated rings. The maximum atomic E-state index is 13.1. The molecule has 0 saturated carbocycles. The third-order valence-corrected chi connectivity index (χ3v) is 7.91. The standard InChI is InChI=1S/C22H23N5O4S/c1-25-13-16(12-23-25)22(29)24-17-8-10-26(11-9-17)20(28)14-27-18-6-2-4-15-5-3-7-19(21(15)18)32(27,30)31/h2-7,12-13,17H,8-11,14H2,1H3,(H,24,29). The Hall–Kier alpha value is -3.40. The quantitative estimate of drug-likeness (QED) is 0.645. The molecule has 0 atom stereocenters. The average Bonchev–Trinajstić information content (AvgIpc) is 3.31. The number of amides is 2. The summed E-state index contributed by atoms with van der Waals surface area (Å²) in [5.41, 5.74) is 1.05. The molecule has 0 aliphatic carbocycles. The van der Waals surface area contributed by atoms with E-state index in [4.69, 9.17) is 0 Å². The molecule has 0 radical (unpaired) electrons. The van der Waals surface area contributed by atoms with Crippen molar-refractivity contribution in [3.05, 3.63) is 54.4 Å². The number of aryl methyl sites for hydroxylation is 1. The lowest BCUT2D eigenvalue weighted by atomic mass is 10.0. The number of hydrogen-bond donors (Lipinski definition) is 1. The minimum absolute atomic E-state index is 0.0414. The van der Waals surface area contributed by atoms with Gasteiger partial charge in [0.25, 0.3) is 15.9 Å². The molecule has 0 bridgehead atoms. The Morgan fingerprint density at radius 2 is 1.84 bits per heavy atom. The van der Waals surface area contributed by atoms with Crippen LogP contribution in [0.3, 0.4) is 0 Å². The summed E-state index contributed by atoms with van der Waals surface area (Å²) in [7, 11) is -2.02. The molecule has 3 heterocycles. The fourth-order valence-electron chi connectivity index (χ4n) is 4.43. The Kier molecular flexibility index (Phi) is 4.89. The molecule has 9 nitrogen and oxygen atoms in total. The summed E-state index contributed by atoms with van der Waals surface area (Å²) in [6.07, 6.45) is 4.40. The molecule has 1 aromatic heterocycles. The second-order valence-corrected chi connectivity index (χ2v) is 10.0. The van der Waals surface area contributed by atoms with Crippen LogP contribution in [0.25, 0.3) is 10.8 Å². The zero-order valence-corrected chi connectivity index (χ0v) is 18.4. The van der Waals surface area contributed by atoms with Gasteiger partial charge in [-0.2, -0.15) is 5.10 Å². The SMILES string of the molecule is Cn1cc(C(=O)NC2CCN(C(=O)CN3c4cccc5cccc(c45)S3(=O)=O)CC2)cn1. The second-order valence-electron chi connectivity index (χ2n) is 8.17. The van der Waals surface area contributed by atoms with Crippen LogP contribution in [0.1, 0.15) is 23.2 Å². The number of nitrogens with one attached hydrogen (secondary N) is 1. The van der Waals surface area contributed by atoms with E-state index in [1.54, 1.807) is 47.1 Å². The van der Waals surface area contributed by atoms with Crippen molar-refractivity contribution in [1.82, 2.24) is 20.0 Å². The summed E-state index contributed by atoms with van der Waals surface area (Å²) in [4.78, 5) is 27.2. The van der Waals surface area contributed by atoms with Gasteiger partial charge in [-0.25, -0.2) is 8.42 Å². The molecule has 166 valence electrons. The van der Waals surface area contributed by atoms with Gasteiger partial charge < -0.3 is 10.2 Å². The van der Waals surface area contributed by atoms with Gasteiger partial charge in [0, 0.05) is 37.8 Å². The third-order valence-electron chi connectivity index (χ3n) is 6.11. The molecule has 10 heteroatoms. The fourth-order valence-corrected chi connectivity index (χ4v) is 6.09. The van der Waals surface area contributed by atoms with Crippen LogP contribution in [-0.2, 0) is 21.9 Å². The lowest BCUT2D eigenvalue weighted by Gasteiger charge is -2.33. The van der Waals surface area contributed by atoms with Crippen LogP contribution in [0, 0.1) is 0 Å². The molecular weight excluding hydrogens is 430 g/mol. The van der Waals surface area contributed by atoms with Gasteiger partial charge >= 0.3 is 0 Å². The first-order valence-electron chi connectivity index (χ1n) is 10.5. The number of benzene rings is 2. The van der Waals surface area contributed by atoms with Gasteiger partial charge in [0.2, 0.25) is 5.91 Å². The van der Waals surface area contributed by atoms with Crippen molar-refractivity contribution < 1.29 is 18.0 Å². The first-order chi connectivity index (χ1) is 15.3. The largest absolute Gasteiger partial charge is 0.349 e. The maximum absolute atomic E-state index is 13.1. The highest BCUT2D eigenvalue weighted by Gasteiger charge is 2.37. The highest BCUT2D eigenvalue weighted by molar-refractivity contribution is 7.93. The summed E-state index contributed by atoms with van der Waals surface area (Å²) < 4.78 is 29.0. The maximum Gasteiger partial charge on any atom is 0.265 e. The number of hydrogen-bond acceptors (Lipinski definition) is 5. The van der Waals surface area contributed by atoms with E-state index < -0.39 is 10.0 Å². The van der Waals surface area contributed by atoms with E-state index in [0.717, 1.165) is 5.39 Å². The zero-order chi connectivity index (χ0) is 22.5. The monoisotopic (exact) mass is 453 g/mol. The summed E-state index contributed by atoms with van der Waals surface area (Å²) >= 11 is 0. The number of carbonyl (C=O) groups is 2. The highest BCUT2D eigenvalue weighted by atomic mass is 32.2. The normalized spacial score (nSPS) is 17.7. The van der Waals surface area contributed by atoms with Crippen LogP contribution >= 0.6 is 0 Å². The van der Waals surface area contributed by atoms with E-state index in [0.29, 0.717) is 42.6 Å². The Morgan fingerprint density at radius 3 is 2.53 bits per heavy atom. The molecule has 3 aromatic rings. The number of rotatable bonds is 4. The Morgan fingerprint density at radius 1 is 1.12 bits per heavy atom. The van der Waals surface area contributed by atoms with E-state index in [1.165, 1.54) is 10.5 Å². The Bertz CT molecular complexity index is 1320. The van der Waals surface area contributed by atoms with Gasteiger partial charge in [-0.3, -0.25) is 18.6 Å². The van der Waals surface area contributed by atoms with Crippen molar-refractivity contribution in [2.75, 3.05) is 23.9 Å². The lowest BCUT2D eigenvalue weighted by molar-refractivity contribution is -0.130. The smallest absolute Gasteiger partial charge is 0.265 e. The van der Waals surface area contributed by atoms with Crippen molar-refractivity contribution in [2.24, 2.45) is 7.05 Å². The molecule has 32 heavy (non-hydrogen) atoms. The van der Waals surface area contributed by atoms with Crippen molar-refractivity contribution in [2.45, 2.75) is 23.8 Å². The van der Waals surface area contributed by atoms with E-state index in [2.05, 4.69) is 10.4 Å². The van der Waals surface area contributed by atoms with Crippen molar-refractivity contribution >= 4 is 38.3 Å². The first-order valence-corrected chi connectivity index (χ1v) is 11.9. The zero-order valence-electron chi connectivity index (χ0n) is 17.6. The second kappa shape index (κ2) is 7.63. The van der Waals surface area contributed by atoms with E-state index in [1.807, 2.05) is 12.1 Å². The number of piperidine rings is 1. The van der Waals surface area contributed by atoms with Crippen LogP contribution in [0.4, 0.5) is 5.69 Å². The van der Waals surface area contributed by atoms with Gasteiger partial charge in [-0.1, -0.05) is 24.3 Å². The minimum atomic E-state index is -3.77. The average molecular weight is 454 g/mol. The van der Waals surface area contributed by atoms with Gasteiger partial charge in [-0.05, 0) is 30.4 Å². The molecule has 2 aliphatic rings. The molecule has 1 saturated heterocycles. The number of aromatic nitrogens is 2. The van der Waals surface area contributed by atoms with Gasteiger partial charge in [0.15, 0.2) is 0 Å². The number of sulfonamides is 1.